The van der Waals surface area contributed by atoms with E-state index in [1.165, 1.54) is 0 Å². The van der Waals surface area contributed by atoms with Crippen LogP contribution in [0.2, 0.25) is 0 Å². The normalized spacial score (nSPS) is 13.6. The summed E-state index contributed by atoms with van der Waals surface area (Å²) in [5.41, 5.74) is 3.78. The van der Waals surface area contributed by atoms with Crippen LogP contribution in [0.5, 0.6) is 0 Å². The van der Waals surface area contributed by atoms with Gasteiger partial charge in [0, 0.05) is 54.4 Å². The second-order valence-electron chi connectivity index (χ2n) is 5.55. The van der Waals surface area contributed by atoms with Gasteiger partial charge in [0.2, 0.25) is 0 Å². The number of amides is 1. The van der Waals surface area contributed by atoms with Crippen LogP contribution in [0.4, 0.5) is 5.82 Å². The molecule has 3 aromatic rings. The molecule has 0 atom stereocenters. The monoisotopic (exact) mass is 307 g/mol. The van der Waals surface area contributed by atoms with E-state index in [9.17, 15) is 4.79 Å². The first-order valence-electron chi connectivity index (χ1n) is 7.63. The molecule has 4 rings (SSSR count). The standard InChI is InChI=1S/C17H17N5O/c23-17(19-16-14-11-18-8-7-15(14)20-21-16)12-3-5-13(6-4-12)22-9-1-2-10-22/h1-6,9-10,18H,7-8,11H2,(H2,19,20,21,23). The van der Waals surface area contributed by atoms with Gasteiger partial charge in [0.1, 0.15) is 0 Å². The molecule has 3 N–H and O–H groups in total. The molecule has 0 fully saturated rings. The first kappa shape index (κ1) is 13.8. The molecule has 2 aromatic heterocycles. The summed E-state index contributed by atoms with van der Waals surface area (Å²) in [5.74, 6) is 0.468. The Morgan fingerprint density at radius 2 is 1.96 bits per heavy atom. The van der Waals surface area contributed by atoms with Crippen molar-refractivity contribution in [2.75, 3.05) is 11.9 Å². The molecule has 0 aliphatic carbocycles. The number of H-pyrrole nitrogens is 1. The lowest BCUT2D eigenvalue weighted by atomic mass is 10.1. The molecule has 116 valence electrons. The lowest BCUT2D eigenvalue weighted by Gasteiger charge is -2.13. The van der Waals surface area contributed by atoms with Crippen molar-refractivity contribution in [3.05, 3.63) is 65.6 Å². The molecule has 3 heterocycles. The highest BCUT2D eigenvalue weighted by atomic mass is 16.1. The largest absolute Gasteiger partial charge is 0.324 e. The van der Waals surface area contributed by atoms with E-state index in [0.717, 1.165) is 36.5 Å². The number of benzene rings is 1. The molecule has 0 bridgehead atoms. The minimum absolute atomic E-state index is 0.149. The Morgan fingerprint density at radius 1 is 1.17 bits per heavy atom. The second kappa shape index (κ2) is 5.73. The molecule has 0 spiro atoms. The molecule has 1 aromatic carbocycles. The average molecular weight is 307 g/mol. The van der Waals surface area contributed by atoms with Crippen molar-refractivity contribution >= 4 is 11.7 Å². The number of hydrogen-bond donors (Lipinski definition) is 3. The number of aromatic nitrogens is 3. The van der Waals surface area contributed by atoms with Crippen molar-refractivity contribution in [3.63, 3.8) is 0 Å². The van der Waals surface area contributed by atoms with Crippen LogP contribution in [-0.2, 0) is 13.0 Å². The number of aromatic amines is 1. The summed E-state index contributed by atoms with van der Waals surface area (Å²) >= 11 is 0. The molecule has 6 nitrogen and oxygen atoms in total. The maximum absolute atomic E-state index is 12.4. The van der Waals surface area contributed by atoms with E-state index in [2.05, 4.69) is 20.8 Å². The highest BCUT2D eigenvalue weighted by molar-refractivity contribution is 6.04. The zero-order chi connectivity index (χ0) is 15.6. The van der Waals surface area contributed by atoms with Crippen LogP contribution in [0, 0.1) is 0 Å². The summed E-state index contributed by atoms with van der Waals surface area (Å²) in [6, 6.07) is 11.4. The third kappa shape index (κ3) is 2.64. The van der Waals surface area contributed by atoms with Crippen LogP contribution in [0.15, 0.2) is 48.8 Å². The molecule has 0 saturated heterocycles. The Labute approximate surface area is 133 Å². The number of carbonyl (C=O) groups is 1. The fraction of sp³-hybridized carbons (Fsp3) is 0.176. The Hall–Kier alpha value is -2.86. The van der Waals surface area contributed by atoms with Crippen molar-refractivity contribution in [2.45, 2.75) is 13.0 Å². The summed E-state index contributed by atoms with van der Waals surface area (Å²) in [4.78, 5) is 12.4. The first-order chi connectivity index (χ1) is 11.3. The van der Waals surface area contributed by atoms with Gasteiger partial charge in [-0.1, -0.05) is 0 Å². The van der Waals surface area contributed by atoms with Gasteiger partial charge < -0.3 is 15.2 Å². The Kier molecular flexibility index (Phi) is 3.44. The van der Waals surface area contributed by atoms with Gasteiger partial charge >= 0.3 is 0 Å². The van der Waals surface area contributed by atoms with E-state index < -0.39 is 0 Å². The van der Waals surface area contributed by atoms with Crippen LogP contribution in [-0.4, -0.2) is 27.2 Å². The number of nitrogens with zero attached hydrogens (tertiary/aromatic N) is 2. The molecule has 0 saturated carbocycles. The van der Waals surface area contributed by atoms with Gasteiger partial charge in [-0.3, -0.25) is 9.89 Å². The molecule has 6 heteroatoms. The van der Waals surface area contributed by atoms with E-state index in [0.29, 0.717) is 11.4 Å². The van der Waals surface area contributed by atoms with Gasteiger partial charge in [-0.2, -0.15) is 5.10 Å². The Bertz CT molecular complexity index is 817. The van der Waals surface area contributed by atoms with Gasteiger partial charge in [-0.05, 0) is 36.4 Å². The fourth-order valence-electron chi connectivity index (χ4n) is 2.80. The molecular weight excluding hydrogens is 290 g/mol. The quantitative estimate of drug-likeness (QED) is 0.693. The van der Waals surface area contributed by atoms with Crippen molar-refractivity contribution in [3.8, 4) is 5.69 Å². The van der Waals surface area contributed by atoms with Gasteiger partial charge in [0.05, 0.1) is 0 Å². The number of rotatable bonds is 3. The van der Waals surface area contributed by atoms with Crippen LogP contribution < -0.4 is 10.6 Å². The Balaban J connectivity index is 1.52. The van der Waals surface area contributed by atoms with Gasteiger partial charge in [-0.15, -0.1) is 0 Å². The molecule has 0 radical (unpaired) electrons. The van der Waals surface area contributed by atoms with Crippen LogP contribution in [0.1, 0.15) is 21.6 Å². The number of carbonyl (C=O) groups excluding carboxylic acids is 1. The van der Waals surface area contributed by atoms with Crippen LogP contribution in [0.25, 0.3) is 5.69 Å². The molecule has 1 aliphatic heterocycles. The van der Waals surface area contributed by atoms with Crippen LogP contribution in [0.3, 0.4) is 0 Å². The molecule has 1 amide bonds. The van der Waals surface area contributed by atoms with Crippen molar-refractivity contribution in [1.82, 2.24) is 20.1 Å². The molecule has 23 heavy (non-hydrogen) atoms. The SMILES string of the molecule is O=C(Nc1n[nH]c2c1CNCC2)c1ccc(-n2cccc2)cc1. The lowest BCUT2D eigenvalue weighted by Crippen LogP contribution is -2.24. The molecular formula is C17H17N5O. The van der Waals surface area contributed by atoms with E-state index in [-0.39, 0.29) is 5.91 Å². The topological polar surface area (TPSA) is 74.7 Å². The smallest absolute Gasteiger partial charge is 0.256 e. The summed E-state index contributed by atoms with van der Waals surface area (Å²) in [6.45, 7) is 1.66. The summed E-state index contributed by atoms with van der Waals surface area (Å²) in [5, 5.41) is 13.4. The van der Waals surface area contributed by atoms with Gasteiger partial charge in [-0.25, -0.2) is 0 Å². The van der Waals surface area contributed by atoms with Gasteiger partial charge in [0.15, 0.2) is 5.82 Å². The van der Waals surface area contributed by atoms with Crippen molar-refractivity contribution in [2.24, 2.45) is 0 Å². The van der Waals surface area contributed by atoms with Crippen molar-refractivity contribution < 1.29 is 4.79 Å². The third-order valence-electron chi connectivity index (χ3n) is 4.07. The number of nitrogens with one attached hydrogen (secondary N) is 3. The van der Waals surface area contributed by atoms with E-state index in [1.54, 1.807) is 0 Å². The second-order valence-corrected chi connectivity index (χ2v) is 5.55. The maximum atomic E-state index is 12.4. The summed E-state index contributed by atoms with van der Waals surface area (Å²) < 4.78 is 2.00. The minimum Gasteiger partial charge on any atom is -0.324 e. The van der Waals surface area contributed by atoms with Crippen molar-refractivity contribution in [1.29, 1.82) is 0 Å². The lowest BCUT2D eigenvalue weighted by molar-refractivity contribution is 0.102. The number of hydrogen-bond acceptors (Lipinski definition) is 3. The third-order valence-corrected chi connectivity index (χ3v) is 4.07. The predicted octanol–water partition coefficient (Wildman–Crippen LogP) is 2.10. The zero-order valence-electron chi connectivity index (χ0n) is 12.5. The van der Waals surface area contributed by atoms with Gasteiger partial charge in [0.25, 0.3) is 5.91 Å². The Morgan fingerprint density at radius 3 is 2.74 bits per heavy atom. The van der Waals surface area contributed by atoms with E-state index in [1.807, 2.05) is 53.4 Å². The van der Waals surface area contributed by atoms with E-state index >= 15 is 0 Å². The molecule has 1 aliphatic rings. The fourth-order valence-corrected chi connectivity index (χ4v) is 2.80. The average Bonchev–Trinajstić information content (AvgIpc) is 3.25. The van der Waals surface area contributed by atoms with E-state index in [4.69, 9.17) is 0 Å². The zero-order valence-corrected chi connectivity index (χ0v) is 12.5. The minimum atomic E-state index is -0.149. The number of fused-ring (bicyclic) bond motifs is 1. The molecule has 0 unspecified atom stereocenters. The summed E-state index contributed by atoms with van der Waals surface area (Å²) in [7, 11) is 0. The summed E-state index contributed by atoms with van der Waals surface area (Å²) in [6.07, 6.45) is 4.85. The highest BCUT2D eigenvalue weighted by Gasteiger charge is 2.18. The van der Waals surface area contributed by atoms with Crippen LogP contribution >= 0.6 is 0 Å². The maximum Gasteiger partial charge on any atom is 0.256 e. The highest BCUT2D eigenvalue weighted by Crippen LogP contribution is 2.20. The predicted molar refractivity (Wildman–Crippen MR) is 87.7 cm³/mol. The number of anilines is 1. The first-order valence-corrected chi connectivity index (χ1v) is 7.63.